The Balaban J connectivity index is 2.14. The Bertz CT molecular complexity index is 658. The van der Waals surface area contributed by atoms with E-state index in [1.807, 2.05) is 18.2 Å². The molecule has 0 unspecified atom stereocenters. The van der Waals surface area contributed by atoms with Crippen LogP contribution in [0, 0.1) is 17.1 Å². The highest BCUT2D eigenvalue weighted by Crippen LogP contribution is 2.23. The van der Waals surface area contributed by atoms with Crippen molar-refractivity contribution in [3.8, 4) is 17.6 Å². The quantitative estimate of drug-likeness (QED) is 0.916. The molecule has 2 aromatic carbocycles. The van der Waals surface area contributed by atoms with Gasteiger partial charge in [-0.3, -0.25) is 0 Å². The molecule has 0 saturated carbocycles. The number of hydrogen-bond acceptors (Lipinski definition) is 4. The number of hydrogen-bond donors (Lipinski definition) is 1. The smallest absolute Gasteiger partial charge is 0.141 e. The molecular weight excluding hydrogens is 271 g/mol. The lowest BCUT2D eigenvalue weighted by Crippen LogP contribution is -2.01. The summed E-state index contributed by atoms with van der Waals surface area (Å²) in [6.45, 7) is 0.504. The molecule has 0 saturated heterocycles. The predicted molar refractivity (Wildman–Crippen MR) is 78.0 cm³/mol. The van der Waals surface area contributed by atoms with Gasteiger partial charge < -0.3 is 14.8 Å². The van der Waals surface area contributed by atoms with Crippen LogP contribution in [-0.2, 0) is 6.54 Å². The number of methoxy groups -OCH3 is 2. The Morgan fingerprint density at radius 3 is 2.33 bits per heavy atom. The molecule has 5 heteroatoms. The minimum atomic E-state index is -0.522. The molecule has 0 spiro atoms. The molecule has 2 rings (SSSR count). The number of ether oxygens (including phenoxy) is 2. The normalized spacial score (nSPS) is 9.81. The van der Waals surface area contributed by atoms with E-state index in [1.165, 1.54) is 12.1 Å². The molecule has 0 heterocycles. The van der Waals surface area contributed by atoms with Crippen molar-refractivity contribution in [2.75, 3.05) is 19.5 Å². The van der Waals surface area contributed by atoms with Gasteiger partial charge in [-0.05, 0) is 35.9 Å². The molecule has 108 valence electrons. The Kier molecular flexibility index (Phi) is 4.62. The lowest BCUT2D eigenvalue weighted by atomic mass is 10.1. The van der Waals surface area contributed by atoms with Crippen LogP contribution in [0.15, 0.2) is 36.4 Å². The zero-order valence-corrected chi connectivity index (χ0v) is 11.8. The number of anilines is 1. The molecule has 0 fully saturated rings. The molecule has 2 aromatic rings. The predicted octanol–water partition coefficient (Wildman–Crippen LogP) is 3.33. The van der Waals surface area contributed by atoms with Crippen molar-refractivity contribution in [1.29, 1.82) is 5.26 Å². The molecule has 0 amide bonds. The molecule has 0 aromatic heterocycles. The largest absolute Gasteiger partial charge is 0.497 e. The van der Waals surface area contributed by atoms with Crippen molar-refractivity contribution in [3.05, 3.63) is 53.3 Å². The first-order chi connectivity index (χ1) is 10.2. The standard InChI is InChI=1S/C16H15FN2O2/c1-20-14-5-11(6-15(8-14)21-2)10-19-13-3-4-16(17)12(7-13)9-18/h3-8,19H,10H2,1-2H3. The first-order valence-corrected chi connectivity index (χ1v) is 6.31. The van der Waals surface area contributed by atoms with Gasteiger partial charge in [-0.2, -0.15) is 5.26 Å². The number of halogens is 1. The third-order valence-electron chi connectivity index (χ3n) is 2.99. The molecule has 0 radical (unpaired) electrons. The first-order valence-electron chi connectivity index (χ1n) is 6.31. The highest BCUT2D eigenvalue weighted by Gasteiger charge is 2.04. The van der Waals surface area contributed by atoms with Crippen molar-refractivity contribution < 1.29 is 13.9 Å². The summed E-state index contributed by atoms with van der Waals surface area (Å²) in [6.07, 6.45) is 0. The van der Waals surface area contributed by atoms with Crippen LogP contribution in [0.2, 0.25) is 0 Å². The van der Waals surface area contributed by atoms with Crippen molar-refractivity contribution in [2.45, 2.75) is 6.54 Å². The van der Waals surface area contributed by atoms with Crippen LogP contribution >= 0.6 is 0 Å². The van der Waals surface area contributed by atoms with E-state index in [9.17, 15) is 4.39 Å². The van der Waals surface area contributed by atoms with E-state index in [2.05, 4.69) is 5.32 Å². The topological polar surface area (TPSA) is 54.3 Å². The van der Waals surface area contributed by atoms with E-state index in [0.29, 0.717) is 23.7 Å². The molecule has 0 aliphatic heterocycles. The van der Waals surface area contributed by atoms with Gasteiger partial charge in [-0.25, -0.2) is 4.39 Å². The fourth-order valence-corrected chi connectivity index (χ4v) is 1.89. The van der Waals surface area contributed by atoms with Gasteiger partial charge in [0.1, 0.15) is 23.4 Å². The number of nitrogens with zero attached hydrogens (tertiary/aromatic N) is 1. The summed E-state index contributed by atoms with van der Waals surface area (Å²) in [7, 11) is 3.18. The third-order valence-corrected chi connectivity index (χ3v) is 2.99. The average molecular weight is 286 g/mol. The maximum absolute atomic E-state index is 13.2. The maximum atomic E-state index is 13.2. The maximum Gasteiger partial charge on any atom is 0.141 e. The number of benzene rings is 2. The highest BCUT2D eigenvalue weighted by molar-refractivity contribution is 5.50. The Morgan fingerprint density at radius 1 is 1.10 bits per heavy atom. The van der Waals surface area contributed by atoms with E-state index in [-0.39, 0.29) is 5.56 Å². The molecule has 0 bridgehead atoms. The van der Waals surface area contributed by atoms with E-state index in [1.54, 1.807) is 26.4 Å². The zero-order valence-electron chi connectivity index (χ0n) is 11.8. The molecule has 0 aliphatic rings. The van der Waals surface area contributed by atoms with Gasteiger partial charge in [-0.15, -0.1) is 0 Å². The molecular formula is C16H15FN2O2. The molecule has 1 N–H and O–H groups in total. The van der Waals surface area contributed by atoms with Gasteiger partial charge >= 0.3 is 0 Å². The second-order valence-electron chi connectivity index (χ2n) is 4.38. The summed E-state index contributed by atoms with van der Waals surface area (Å²) in [5, 5.41) is 12.0. The fourth-order valence-electron chi connectivity index (χ4n) is 1.89. The van der Waals surface area contributed by atoms with Crippen molar-refractivity contribution in [2.24, 2.45) is 0 Å². The van der Waals surface area contributed by atoms with Gasteiger partial charge in [0.15, 0.2) is 0 Å². The van der Waals surface area contributed by atoms with E-state index < -0.39 is 5.82 Å². The summed E-state index contributed by atoms with van der Waals surface area (Å²) in [5.41, 5.74) is 1.65. The molecule has 4 nitrogen and oxygen atoms in total. The fraction of sp³-hybridized carbons (Fsp3) is 0.188. The minimum Gasteiger partial charge on any atom is -0.497 e. The second kappa shape index (κ2) is 6.62. The second-order valence-corrected chi connectivity index (χ2v) is 4.38. The summed E-state index contributed by atoms with van der Waals surface area (Å²) in [6, 6.07) is 11.7. The monoisotopic (exact) mass is 286 g/mol. The van der Waals surface area contributed by atoms with Crippen LogP contribution in [-0.4, -0.2) is 14.2 Å². The van der Waals surface area contributed by atoms with Gasteiger partial charge in [0.2, 0.25) is 0 Å². The van der Waals surface area contributed by atoms with Crippen LogP contribution < -0.4 is 14.8 Å². The number of nitriles is 1. The summed E-state index contributed by atoms with van der Waals surface area (Å²) in [4.78, 5) is 0. The van der Waals surface area contributed by atoms with E-state index in [4.69, 9.17) is 14.7 Å². The SMILES string of the molecule is COc1cc(CNc2ccc(F)c(C#N)c2)cc(OC)c1. The van der Waals surface area contributed by atoms with Gasteiger partial charge in [0.25, 0.3) is 0 Å². The Morgan fingerprint density at radius 2 is 1.76 bits per heavy atom. The van der Waals surface area contributed by atoms with Gasteiger partial charge in [0.05, 0.1) is 19.8 Å². The summed E-state index contributed by atoms with van der Waals surface area (Å²) < 4.78 is 23.6. The molecule has 0 atom stereocenters. The van der Waals surface area contributed by atoms with Gasteiger partial charge in [-0.1, -0.05) is 0 Å². The Hall–Kier alpha value is -2.74. The van der Waals surface area contributed by atoms with Crippen molar-refractivity contribution in [3.63, 3.8) is 0 Å². The average Bonchev–Trinajstić information content (AvgIpc) is 2.53. The van der Waals surface area contributed by atoms with E-state index in [0.717, 1.165) is 5.56 Å². The summed E-state index contributed by atoms with van der Waals surface area (Å²) in [5.74, 6) is 0.872. The van der Waals surface area contributed by atoms with Crippen molar-refractivity contribution in [1.82, 2.24) is 0 Å². The van der Waals surface area contributed by atoms with E-state index >= 15 is 0 Å². The molecule has 0 aliphatic carbocycles. The zero-order chi connectivity index (χ0) is 15.2. The van der Waals surface area contributed by atoms with Crippen LogP contribution in [0.5, 0.6) is 11.5 Å². The number of nitrogens with one attached hydrogen (secondary N) is 1. The third kappa shape index (κ3) is 3.63. The van der Waals surface area contributed by atoms with Crippen LogP contribution in [0.3, 0.4) is 0 Å². The first kappa shape index (κ1) is 14.7. The summed E-state index contributed by atoms with van der Waals surface area (Å²) >= 11 is 0. The Labute approximate surface area is 122 Å². The van der Waals surface area contributed by atoms with Crippen molar-refractivity contribution >= 4 is 5.69 Å². The van der Waals surface area contributed by atoms with Crippen LogP contribution in [0.1, 0.15) is 11.1 Å². The highest BCUT2D eigenvalue weighted by atomic mass is 19.1. The number of rotatable bonds is 5. The lowest BCUT2D eigenvalue weighted by molar-refractivity contribution is 0.393. The molecule has 21 heavy (non-hydrogen) atoms. The minimum absolute atomic E-state index is 0.0169. The van der Waals surface area contributed by atoms with Crippen LogP contribution in [0.4, 0.5) is 10.1 Å². The van der Waals surface area contributed by atoms with Gasteiger partial charge in [0, 0.05) is 18.3 Å². The lowest BCUT2D eigenvalue weighted by Gasteiger charge is -2.10. The van der Waals surface area contributed by atoms with Crippen LogP contribution in [0.25, 0.3) is 0 Å².